The predicted molar refractivity (Wildman–Crippen MR) is 95.1 cm³/mol. The molecule has 6 nitrogen and oxygen atoms in total. The molecule has 0 fully saturated rings. The van der Waals surface area contributed by atoms with Crippen molar-refractivity contribution >= 4 is 31.9 Å². The van der Waals surface area contributed by atoms with Gasteiger partial charge >= 0.3 is 0 Å². The van der Waals surface area contributed by atoms with Gasteiger partial charge in [-0.15, -0.1) is 0 Å². The minimum absolute atomic E-state index is 0.0475. The first-order valence-electron chi connectivity index (χ1n) is 7.55. The standard InChI is InChI=1S/C17H16BrNO5S/c1-11-2-5-13(18)9-16(11)25(21,22)19-17(20)7-4-12-3-6-14-15(8-12)24-10-23-14/h2-3,5-6,8-9H,4,7,10H2,1H3,(H,19,20). The Labute approximate surface area is 154 Å². The molecule has 1 aliphatic rings. The second kappa shape index (κ2) is 7.05. The number of rotatable bonds is 5. The van der Waals surface area contributed by atoms with Crippen molar-refractivity contribution in [1.82, 2.24) is 4.72 Å². The molecule has 0 atom stereocenters. The van der Waals surface area contributed by atoms with Crippen molar-refractivity contribution < 1.29 is 22.7 Å². The molecule has 0 bridgehead atoms. The number of halogens is 1. The number of hydrogen-bond donors (Lipinski definition) is 1. The molecular formula is C17H16BrNO5S. The minimum atomic E-state index is -3.90. The molecule has 1 aliphatic heterocycles. The Balaban J connectivity index is 1.65. The average Bonchev–Trinajstić information content (AvgIpc) is 3.02. The van der Waals surface area contributed by atoms with Crippen LogP contribution < -0.4 is 14.2 Å². The molecule has 1 amide bonds. The van der Waals surface area contributed by atoms with E-state index < -0.39 is 15.9 Å². The Hall–Kier alpha value is -2.06. The van der Waals surface area contributed by atoms with Gasteiger partial charge in [0, 0.05) is 10.9 Å². The fraction of sp³-hybridized carbons (Fsp3) is 0.235. The summed E-state index contributed by atoms with van der Waals surface area (Å²) in [6, 6.07) is 10.3. The van der Waals surface area contributed by atoms with Gasteiger partial charge in [0.1, 0.15) is 0 Å². The zero-order valence-electron chi connectivity index (χ0n) is 13.4. The normalized spacial score (nSPS) is 12.9. The Kier molecular flexibility index (Phi) is 5.01. The molecule has 0 spiro atoms. The van der Waals surface area contributed by atoms with E-state index in [2.05, 4.69) is 20.7 Å². The molecular weight excluding hydrogens is 410 g/mol. The third kappa shape index (κ3) is 4.13. The first kappa shape index (κ1) is 17.8. The highest BCUT2D eigenvalue weighted by Gasteiger charge is 2.20. The second-order valence-electron chi connectivity index (χ2n) is 5.63. The van der Waals surface area contributed by atoms with Crippen molar-refractivity contribution in [1.29, 1.82) is 0 Å². The largest absolute Gasteiger partial charge is 0.454 e. The van der Waals surface area contributed by atoms with Crippen LogP contribution in [0.25, 0.3) is 0 Å². The number of ether oxygens (including phenoxy) is 2. The van der Waals surface area contributed by atoms with Crippen LogP contribution in [-0.2, 0) is 21.2 Å². The summed E-state index contributed by atoms with van der Waals surface area (Å²) in [5.74, 6) is 0.744. The number of hydrogen-bond acceptors (Lipinski definition) is 5. The van der Waals surface area contributed by atoms with Crippen LogP contribution in [0.5, 0.6) is 11.5 Å². The van der Waals surface area contributed by atoms with E-state index in [-0.39, 0.29) is 18.1 Å². The van der Waals surface area contributed by atoms with Crippen LogP contribution in [0, 0.1) is 6.92 Å². The highest BCUT2D eigenvalue weighted by molar-refractivity contribution is 9.10. The third-order valence-electron chi connectivity index (χ3n) is 3.77. The summed E-state index contributed by atoms with van der Waals surface area (Å²) in [5, 5.41) is 0. The molecule has 8 heteroatoms. The number of nitrogens with one attached hydrogen (secondary N) is 1. The highest BCUT2D eigenvalue weighted by atomic mass is 79.9. The van der Waals surface area contributed by atoms with Crippen LogP contribution >= 0.6 is 15.9 Å². The molecule has 2 aromatic carbocycles. The number of benzene rings is 2. The summed E-state index contributed by atoms with van der Waals surface area (Å²) in [6.45, 7) is 1.86. The molecule has 0 unspecified atom stereocenters. The molecule has 2 aromatic rings. The van der Waals surface area contributed by atoms with Gasteiger partial charge < -0.3 is 9.47 Å². The summed E-state index contributed by atoms with van der Waals surface area (Å²) in [5.41, 5.74) is 1.44. The fourth-order valence-corrected chi connectivity index (χ4v) is 4.27. The van der Waals surface area contributed by atoms with Gasteiger partial charge in [-0.05, 0) is 48.7 Å². The lowest BCUT2D eigenvalue weighted by atomic mass is 10.1. The van der Waals surface area contributed by atoms with Crippen molar-refractivity contribution in [3.05, 3.63) is 52.0 Å². The van der Waals surface area contributed by atoms with Gasteiger partial charge in [0.15, 0.2) is 11.5 Å². The van der Waals surface area contributed by atoms with Gasteiger partial charge in [-0.25, -0.2) is 13.1 Å². The minimum Gasteiger partial charge on any atom is -0.454 e. The molecule has 0 saturated carbocycles. The first-order valence-corrected chi connectivity index (χ1v) is 9.83. The van der Waals surface area contributed by atoms with E-state index in [0.717, 1.165) is 5.56 Å². The smallest absolute Gasteiger partial charge is 0.264 e. The predicted octanol–water partition coefficient (Wildman–Crippen LogP) is 2.92. The van der Waals surface area contributed by atoms with Gasteiger partial charge in [0.2, 0.25) is 12.7 Å². The lowest BCUT2D eigenvalue weighted by Gasteiger charge is -2.10. The van der Waals surface area contributed by atoms with E-state index in [4.69, 9.17) is 9.47 Å². The van der Waals surface area contributed by atoms with Gasteiger partial charge in [0.25, 0.3) is 10.0 Å². The summed E-state index contributed by atoms with van der Waals surface area (Å²) >= 11 is 3.24. The summed E-state index contributed by atoms with van der Waals surface area (Å²) in [6.07, 6.45) is 0.446. The third-order valence-corrected chi connectivity index (χ3v) is 5.77. The van der Waals surface area contributed by atoms with Crippen LogP contribution in [0.4, 0.5) is 0 Å². The number of aryl methyl sites for hydroxylation is 2. The summed E-state index contributed by atoms with van der Waals surface area (Å²) in [7, 11) is -3.90. The van der Waals surface area contributed by atoms with Crippen LogP contribution in [0.2, 0.25) is 0 Å². The maximum Gasteiger partial charge on any atom is 0.264 e. The van der Waals surface area contributed by atoms with E-state index in [0.29, 0.717) is 28.0 Å². The molecule has 132 valence electrons. The van der Waals surface area contributed by atoms with E-state index in [9.17, 15) is 13.2 Å². The van der Waals surface area contributed by atoms with Crippen molar-refractivity contribution in [3.63, 3.8) is 0 Å². The molecule has 0 saturated heterocycles. The maximum absolute atomic E-state index is 12.4. The maximum atomic E-state index is 12.4. The number of amides is 1. The second-order valence-corrected chi connectivity index (χ2v) is 8.19. The van der Waals surface area contributed by atoms with Crippen LogP contribution in [-0.4, -0.2) is 21.1 Å². The van der Waals surface area contributed by atoms with Crippen LogP contribution in [0.1, 0.15) is 17.5 Å². The fourth-order valence-electron chi connectivity index (χ4n) is 2.47. The highest BCUT2D eigenvalue weighted by Crippen LogP contribution is 2.32. The van der Waals surface area contributed by atoms with E-state index in [1.807, 2.05) is 6.07 Å². The van der Waals surface area contributed by atoms with E-state index >= 15 is 0 Å². The summed E-state index contributed by atoms with van der Waals surface area (Å²) < 4.78 is 38.0. The number of sulfonamides is 1. The van der Waals surface area contributed by atoms with Crippen LogP contribution in [0.15, 0.2) is 45.8 Å². The number of carbonyl (C=O) groups excluding carboxylic acids is 1. The molecule has 0 radical (unpaired) electrons. The van der Waals surface area contributed by atoms with Crippen molar-refractivity contribution in [3.8, 4) is 11.5 Å². The Morgan fingerprint density at radius 3 is 2.72 bits per heavy atom. The topological polar surface area (TPSA) is 81.7 Å². The number of carbonyl (C=O) groups is 1. The Bertz CT molecular complexity index is 927. The molecule has 0 aromatic heterocycles. The van der Waals surface area contributed by atoms with Gasteiger partial charge in [0.05, 0.1) is 4.90 Å². The molecule has 1 N–H and O–H groups in total. The van der Waals surface area contributed by atoms with Gasteiger partial charge in [-0.1, -0.05) is 28.1 Å². The Morgan fingerprint density at radius 2 is 1.92 bits per heavy atom. The van der Waals surface area contributed by atoms with Crippen molar-refractivity contribution in [2.24, 2.45) is 0 Å². The SMILES string of the molecule is Cc1ccc(Br)cc1S(=O)(=O)NC(=O)CCc1ccc2c(c1)OCO2. The van der Waals surface area contributed by atoms with E-state index in [1.54, 1.807) is 31.2 Å². The molecule has 3 rings (SSSR count). The zero-order chi connectivity index (χ0) is 18.0. The number of fused-ring (bicyclic) bond motifs is 1. The quantitative estimate of drug-likeness (QED) is 0.795. The average molecular weight is 426 g/mol. The molecule has 25 heavy (non-hydrogen) atoms. The lowest BCUT2D eigenvalue weighted by molar-refractivity contribution is -0.119. The zero-order valence-corrected chi connectivity index (χ0v) is 15.8. The molecule has 0 aliphatic carbocycles. The molecule has 1 heterocycles. The Morgan fingerprint density at radius 1 is 1.16 bits per heavy atom. The lowest BCUT2D eigenvalue weighted by Crippen LogP contribution is -2.31. The van der Waals surface area contributed by atoms with Crippen molar-refractivity contribution in [2.45, 2.75) is 24.7 Å². The van der Waals surface area contributed by atoms with Gasteiger partial charge in [-0.3, -0.25) is 4.79 Å². The first-order chi connectivity index (χ1) is 11.8. The summed E-state index contributed by atoms with van der Waals surface area (Å²) in [4.78, 5) is 12.2. The van der Waals surface area contributed by atoms with Gasteiger partial charge in [-0.2, -0.15) is 0 Å². The van der Waals surface area contributed by atoms with E-state index in [1.165, 1.54) is 6.07 Å². The van der Waals surface area contributed by atoms with Crippen molar-refractivity contribution in [2.75, 3.05) is 6.79 Å². The van der Waals surface area contributed by atoms with Crippen LogP contribution in [0.3, 0.4) is 0 Å². The monoisotopic (exact) mass is 425 g/mol.